The van der Waals surface area contributed by atoms with Gasteiger partial charge in [-0.3, -0.25) is 14.4 Å². The van der Waals surface area contributed by atoms with Crippen LogP contribution < -0.4 is 0 Å². The summed E-state index contributed by atoms with van der Waals surface area (Å²) in [5.41, 5.74) is -0.622. The van der Waals surface area contributed by atoms with Crippen molar-refractivity contribution < 1.29 is 24.2 Å². The average molecular weight is 413 g/mol. The molecule has 0 radical (unpaired) electrons. The smallest absolute Gasteiger partial charge is 0.307 e. The second-order valence-corrected chi connectivity index (χ2v) is 11.7. The van der Waals surface area contributed by atoms with Crippen LogP contribution in [0.15, 0.2) is 12.2 Å². The van der Waals surface area contributed by atoms with Crippen LogP contribution in [0.5, 0.6) is 0 Å². The van der Waals surface area contributed by atoms with Crippen molar-refractivity contribution in [1.29, 1.82) is 0 Å². The summed E-state index contributed by atoms with van der Waals surface area (Å²) in [5.74, 6) is 0.539. The highest BCUT2D eigenvalue weighted by molar-refractivity contribution is 5.91. The molecule has 0 aromatic heterocycles. The SMILES string of the molecule is C[C@@H]1C2CC(=O)C=C[C@]2(C)C2CC[C@@]3(C)C(C2[C@@H]1C(=O)O)[C@@H]1C[C@@H]1[C@]31CCC(=O)O1. The second-order valence-electron chi connectivity index (χ2n) is 11.7. The zero-order valence-electron chi connectivity index (χ0n) is 18.1. The molecule has 30 heavy (non-hydrogen) atoms. The fourth-order valence-corrected chi connectivity index (χ4v) is 9.81. The van der Waals surface area contributed by atoms with Crippen LogP contribution >= 0.6 is 0 Å². The van der Waals surface area contributed by atoms with Crippen molar-refractivity contribution in [3.05, 3.63) is 12.2 Å². The molecule has 0 bridgehead atoms. The minimum Gasteiger partial charge on any atom is -0.481 e. The van der Waals surface area contributed by atoms with Crippen LogP contribution in [0.1, 0.15) is 59.3 Å². The zero-order chi connectivity index (χ0) is 21.2. The molecule has 0 aromatic carbocycles. The number of ether oxygens (including phenoxy) is 1. The summed E-state index contributed by atoms with van der Waals surface area (Å²) >= 11 is 0. The lowest BCUT2D eigenvalue weighted by Crippen LogP contribution is -2.62. The molecule has 6 aliphatic rings. The van der Waals surface area contributed by atoms with E-state index in [4.69, 9.17) is 4.74 Å². The third kappa shape index (κ3) is 1.99. The van der Waals surface area contributed by atoms with E-state index in [1.807, 2.05) is 0 Å². The summed E-state index contributed by atoms with van der Waals surface area (Å²) in [6.45, 7) is 6.65. The summed E-state index contributed by atoms with van der Waals surface area (Å²) in [6, 6.07) is 0. The topological polar surface area (TPSA) is 80.7 Å². The highest BCUT2D eigenvalue weighted by atomic mass is 16.6. The molecule has 1 heterocycles. The van der Waals surface area contributed by atoms with E-state index in [0.717, 1.165) is 25.7 Å². The quantitative estimate of drug-likeness (QED) is 0.662. The van der Waals surface area contributed by atoms with Crippen LogP contribution in [-0.4, -0.2) is 28.4 Å². The lowest BCUT2D eigenvalue weighted by atomic mass is 9.40. The van der Waals surface area contributed by atoms with Crippen LogP contribution in [-0.2, 0) is 19.1 Å². The van der Waals surface area contributed by atoms with Crippen molar-refractivity contribution >= 4 is 17.7 Å². The Morgan fingerprint density at radius 2 is 1.93 bits per heavy atom. The van der Waals surface area contributed by atoms with Gasteiger partial charge in [0.2, 0.25) is 0 Å². The average Bonchev–Trinajstić information content (AvgIpc) is 3.31. The van der Waals surface area contributed by atoms with Crippen LogP contribution in [0, 0.1) is 58.2 Å². The normalized spacial score (nSPS) is 58.0. The molecule has 6 rings (SSSR count). The third-order valence-electron chi connectivity index (χ3n) is 11.0. The van der Waals surface area contributed by atoms with Gasteiger partial charge >= 0.3 is 11.9 Å². The highest BCUT2D eigenvalue weighted by Crippen LogP contribution is 2.80. The Bertz CT molecular complexity index is 892. The molecule has 4 saturated carbocycles. The summed E-state index contributed by atoms with van der Waals surface area (Å²) in [7, 11) is 0. The first-order chi connectivity index (χ1) is 14.1. The molecule has 0 aromatic rings. The lowest BCUT2D eigenvalue weighted by Gasteiger charge is -2.63. The van der Waals surface area contributed by atoms with Gasteiger partial charge in [-0.05, 0) is 72.7 Å². The molecular formula is C25H32O5. The molecule has 5 nitrogen and oxygen atoms in total. The minimum atomic E-state index is -0.702. The van der Waals surface area contributed by atoms with Gasteiger partial charge in [-0.25, -0.2) is 0 Å². The Hall–Kier alpha value is -1.65. The number of hydrogen-bond donors (Lipinski definition) is 1. The Morgan fingerprint density at radius 3 is 2.60 bits per heavy atom. The van der Waals surface area contributed by atoms with Gasteiger partial charge in [-0.1, -0.05) is 26.8 Å². The Labute approximate surface area is 177 Å². The predicted octanol–water partition coefficient (Wildman–Crippen LogP) is 3.86. The number of fused-ring (bicyclic) bond motifs is 9. The summed E-state index contributed by atoms with van der Waals surface area (Å²) in [4.78, 5) is 37.1. The van der Waals surface area contributed by atoms with Gasteiger partial charge in [-0.2, -0.15) is 0 Å². The highest BCUT2D eigenvalue weighted by Gasteiger charge is 2.80. The number of hydrogen-bond acceptors (Lipinski definition) is 4. The Kier molecular flexibility index (Phi) is 3.54. The van der Waals surface area contributed by atoms with Gasteiger partial charge in [0.1, 0.15) is 5.60 Å². The first-order valence-electron chi connectivity index (χ1n) is 11.8. The number of ketones is 1. The van der Waals surface area contributed by atoms with E-state index in [1.54, 1.807) is 6.08 Å². The van der Waals surface area contributed by atoms with Gasteiger partial charge in [-0.15, -0.1) is 0 Å². The zero-order valence-corrected chi connectivity index (χ0v) is 18.1. The summed E-state index contributed by atoms with van der Waals surface area (Å²) in [6.07, 6.45) is 8.68. The standard InChI is InChI=1S/C25H32O5/c1-12-16-10-13(26)4-7-23(16,2)15-5-8-24(3)21(20(15)19(12)22(28)29)14-11-17(14)25(24)9-6-18(27)30-25/h4,7,12,14-17,19-21H,5-6,8-11H2,1-3H3,(H,28,29)/t12-,14-,15?,16?,17+,19-,20?,21?,23-,24+,25-/m1/s1. The lowest BCUT2D eigenvalue weighted by molar-refractivity contribution is -0.199. The molecule has 162 valence electrons. The van der Waals surface area contributed by atoms with E-state index in [9.17, 15) is 19.5 Å². The number of carboxylic acid groups (broad SMARTS) is 1. The largest absolute Gasteiger partial charge is 0.481 e. The van der Waals surface area contributed by atoms with Crippen LogP contribution in [0.4, 0.5) is 0 Å². The maximum Gasteiger partial charge on any atom is 0.307 e. The Balaban J connectivity index is 1.49. The fraction of sp³-hybridized carbons (Fsp3) is 0.800. The van der Waals surface area contributed by atoms with Gasteiger partial charge in [0.25, 0.3) is 0 Å². The van der Waals surface area contributed by atoms with Gasteiger partial charge in [0, 0.05) is 24.2 Å². The third-order valence-corrected chi connectivity index (χ3v) is 11.0. The summed E-state index contributed by atoms with van der Waals surface area (Å²) < 4.78 is 6.14. The predicted molar refractivity (Wildman–Crippen MR) is 108 cm³/mol. The fourth-order valence-electron chi connectivity index (χ4n) is 9.81. The van der Waals surface area contributed by atoms with Crippen molar-refractivity contribution in [2.45, 2.75) is 64.9 Å². The molecule has 1 spiro atoms. The van der Waals surface area contributed by atoms with Crippen molar-refractivity contribution in [2.75, 3.05) is 0 Å². The summed E-state index contributed by atoms with van der Waals surface area (Å²) in [5, 5.41) is 10.4. The van der Waals surface area contributed by atoms with E-state index >= 15 is 0 Å². The van der Waals surface area contributed by atoms with Gasteiger partial charge < -0.3 is 9.84 Å². The maximum atomic E-state index is 12.7. The molecule has 1 N–H and O–H groups in total. The number of carbonyl (C=O) groups is 3. The number of carbonyl (C=O) groups excluding carboxylic acids is 2. The minimum absolute atomic E-state index is 0.0371. The van der Waals surface area contributed by atoms with Crippen molar-refractivity contribution in [3.8, 4) is 0 Å². The number of carboxylic acids is 1. The molecule has 1 saturated heterocycles. The van der Waals surface area contributed by atoms with E-state index in [-0.39, 0.29) is 51.9 Å². The van der Waals surface area contributed by atoms with Crippen LogP contribution in [0.2, 0.25) is 0 Å². The molecule has 0 amide bonds. The molecule has 5 aliphatic carbocycles. The van der Waals surface area contributed by atoms with Crippen molar-refractivity contribution in [1.82, 2.24) is 0 Å². The number of esters is 1. The number of allylic oxidation sites excluding steroid dienone is 2. The monoisotopic (exact) mass is 412 g/mol. The van der Waals surface area contributed by atoms with Crippen molar-refractivity contribution in [2.24, 2.45) is 58.2 Å². The first kappa shape index (κ1) is 19.1. The molecule has 11 atom stereocenters. The first-order valence-corrected chi connectivity index (χ1v) is 11.8. The number of rotatable bonds is 1. The molecular weight excluding hydrogens is 380 g/mol. The van der Waals surface area contributed by atoms with Crippen molar-refractivity contribution in [3.63, 3.8) is 0 Å². The van der Waals surface area contributed by atoms with E-state index in [2.05, 4.69) is 26.8 Å². The van der Waals surface area contributed by atoms with Crippen LogP contribution in [0.3, 0.4) is 0 Å². The van der Waals surface area contributed by atoms with E-state index in [1.165, 1.54) is 0 Å². The Morgan fingerprint density at radius 1 is 1.17 bits per heavy atom. The van der Waals surface area contributed by atoms with Gasteiger partial charge in [0.05, 0.1) is 5.92 Å². The number of aliphatic carboxylic acids is 1. The molecule has 5 fully saturated rings. The molecule has 1 aliphatic heterocycles. The molecule has 5 heteroatoms. The van der Waals surface area contributed by atoms with E-state index in [0.29, 0.717) is 30.6 Å². The van der Waals surface area contributed by atoms with Gasteiger partial charge in [0.15, 0.2) is 5.78 Å². The van der Waals surface area contributed by atoms with Crippen LogP contribution in [0.25, 0.3) is 0 Å². The molecule has 4 unspecified atom stereocenters. The second kappa shape index (κ2) is 5.58. The maximum absolute atomic E-state index is 12.7. The van der Waals surface area contributed by atoms with E-state index < -0.39 is 11.9 Å².